The molecule has 1 fully saturated rings. The van der Waals surface area contributed by atoms with Crippen molar-refractivity contribution in [1.29, 1.82) is 0 Å². The number of piperidine rings is 1. The molecule has 1 N–H and O–H groups in total. The molecule has 0 radical (unpaired) electrons. The lowest BCUT2D eigenvalue weighted by Gasteiger charge is -2.30. The Morgan fingerprint density at radius 3 is 2.43 bits per heavy atom. The number of hydrogen-bond donors (Lipinski definition) is 1. The molecule has 0 unspecified atom stereocenters. The number of aryl methyl sites for hydroxylation is 2. The summed E-state index contributed by atoms with van der Waals surface area (Å²) in [5.74, 6) is 0.262. The third kappa shape index (κ3) is 5.49. The van der Waals surface area contributed by atoms with Crippen molar-refractivity contribution in [3.05, 3.63) is 47.8 Å². The minimum Gasteiger partial charge on any atom is -0.356 e. The summed E-state index contributed by atoms with van der Waals surface area (Å²) in [6, 6.07) is 7.13. The van der Waals surface area contributed by atoms with Gasteiger partial charge in [0.15, 0.2) is 0 Å². The number of amides is 1. The van der Waals surface area contributed by atoms with Gasteiger partial charge in [0.05, 0.1) is 11.1 Å². The molecule has 0 bridgehead atoms. The van der Waals surface area contributed by atoms with Gasteiger partial charge in [-0.2, -0.15) is 9.40 Å². The summed E-state index contributed by atoms with van der Waals surface area (Å²) >= 11 is 0. The molecule has 7 nitrogen and oxygen atoms in total. The Balaban J connectivity index is 1.45. The minimum absolute atomic E-state index is 0.0273. The van der Waals surface area contributed by atoms with Crippen LogP contribution in [-0.2, 0) is 28.3 Å². The average molecular weight is 433 g/mol. The molecule has 1 aromatic carbocycles. The molecule has 164 valence electrons. The molecule has 0 aliphatic carbocycles. The zero-order chi connectivity index (χ0) is 21.7. The molecule has 0 atom stereocenters. The van der Waals surface area contributed by atoms with Gasteiger partial charge in [0.2, 0.25) is 15.9 Å². The SMILES string of the molecule is CC(C)c1ccc(S(=O)(=O)N2CCC(C(=O)NCCCc3cnn(C)c3)CC2)cc1. The molecule has 30 heavy (non-hydrogen) atoms. The van der Waals surface area contributed by atoms with Crippen molar-refractivity contribution in [1.82, 2.24) is 19.4 Å². The highest BCUT2D eigenvalue weighted by molar-refractivity contribution is 7.89. The highest BCUT2D eigenvalue weighted by Gasteiger charge is 2.32. The Labute approximate surface area is 179 Å². The highest BCUT2D eigenvalue weighted by atomic mass is 32.2. The van der Waals surface area contributed by atoms with E-state index >= 15 is 0 Å². The van der Waals surface area contributed by atoms with Gasteiger partial charge < -0.3 is 5.32 Å². The zero-order valence-electron chi connectivity index (χ0n) is 18.0. The van der Waals surface area contributed by atoms with Gasteiger partial charge in [0.25, 0.3) is 0 Å². The topological polar surface area (TPSA) is 84.3 Å². The van der Waals surface area contributed by atoms with E-state index < -0.39 is 10.0 Å². The first-order valence-electron chi connectivity index (χ1n) is 10.6. The monoisotopic (exact) mass is 432 g/mol. The van der Waals surface area contributed by atoms with Gasteiger partial charge in [-0.25, -0.2) is 8.42 Å². The van der Waals surface area contributed by atoms with Crippen molar-refractivity contribution in [2.45, 2.75) is 50.3 Å². The van der Waals surface area contributed by atoms with Crippen LogP contribution in [0.25, 0.3) is 0 Å². The van der Waals surface area contributed by atoms with Crippen LogP contribution in [0.4, 0.5) is 0 Å². The second-order valence-electron chi connectivity index (χ2n) is 8.32. The number of benzene rings is 1. The normalized spacial score (nSPS) is 16.1. The Hall–Kier alpha value is -2.19. The summed E-state index contributed by atoms with van der Waals surface area (Å²) in [6.45, 7) is 5.54. The molecule has 2 aromatic rings. The number of sulfonamides is 1. The molecule has 1 saturated heterocycles. The highest BCUT2D eigenvalue weighted by Crippen LogP contribution is 2.25. The largest absolute Gasteiger partial charge is 0.356 e. The van der Waals surface area contributed by atoms with E-state index in [2.05, 4.69) is 24.3 Å². The Morgan fingerprint density at radius 2 is 1.87 bits per heavy atom. The van der Waals surface area contributed by atoms with Crippen molar-refractivity contribution in [3.63, 3.8) is 0 Å². The third-order valence-corrected chi connectivity index (χ3v) is 7.62. The molecular formula is C22H32N4O3S. The van der Waals surface area contributed by atoms with Gasteiger partial charge >= 0.3 is 0 Å². The third-order valence-electron chi connectivity index (χ3n) is 5.71. The first-order valence-corrected chi connectivity index (χ1v) is 12.1. The van der Waals surface area contributed by atoms with Crippen molar-refractivity contribution in [2.24, 2.45) is 13.0 Å². The first-order chi connectivity index (χ1) is 14.3. The second-order valence-corrected chi connectivity index (χ2v) is 10.3. The number of nitrogens with zero attached hydrogens (tertiary/aromatic N) is 3. The van der Waals surface area contributed by atoms with Gasteiger partial charge in [0, 0.05) is 38.8 Å². The lowest BCUT2D eigenvalue weighted by Crippen LogP contribution is -2.43. The minimum atomic E-state index is -3.51. The molecule has 0 spiro atoms. The molecule has 3 rings (SSSR count). The number of nitrogens with one attached hydrogen (secondary N) is 1. The standard InChI is InChI=1S/C22H32N4O3S/c1-17(2)19-6-8-21(9-7-19)30(28,29)26-13-10-20(11-14-26)22(27)23-12-4-5-18-15-24-25(3)16-18/h6-9,15-17,20H,4-5,10-14H2,1-3H3,(H,23,27). The predicted octanol–water partition coefficient (Wildman–Crippen LogP) is 2.69. The zero-order valence-corrected chi connectivity index (χ0v) is 18.9. The molecule has 1 aliphatic rings. The van der Waals surface area contributed by atoms with E-state index in [0.29, 0.717) is 43.3 Å². The van der Waals surface area contributed by atoms with Crippen LogP contribution in [0.15, 0.2) is 41.6 Å². The van der Waals surface area contributed by atoms with E-state index in [9.17, 15) is 13.2 Å². The van der Waals surface area contributed by atoms with E-state index in [-0.39, 0.29) is 11.8 Å². The lowest BCUT2D eigenvalue weighted by atomic mass is 9.97. The molecular weight excluding hydrogens is 400 g/mol. The van der Waals surface area contributed by atoms with Crippen LogP contribution in [-0.4, -0.2) is 48.0 Å². The van der Waals surface area contributed by atoms with Crippen LogP contribution in [0.2, 0.25) is 0 Å². The maximum Gasteiger partial charge on any atom is 0.243 e. The number of rotatable bonds is 8. The fourth-order valence-corrected chi connectivity index (χ4v) is 5.25. The van der Waals surface area contributed by atoms with Gasteiger partial charge in [-0.05, 0) is 54.9 Å². The van der Waals surface area contributed by atoms with Crippen molar-refractivity contribution < 1.29 is 13.2 Å². The average Bonchev–Trinajstić information content (AvgIpc) is 3.16. The molecule has 8 heteroatoms. The fraction of sp³-hybridized carbons (Fsp3) is 0.545. The summed E-state index contributed by atoms with van der Waals surface area (Å²) in [6.07, 6.45) is 6.66. The van der Waals surface area contributed by atoms with E-state index in [1.54, 1.807) is 16.8 Å². The number of hydrogen-bond acceptors (Lipinski definition) is 4. The quantitative estimate of drug-likeness (QED) is 0.650. The smallest absolute Gasteiger partial charge is 0.243 e. The summed E-state index contributed by atoms with van der Waals surface area (Å²) in [7, 11) is -1.62. The van der Waals surface area contributed by atoms with E-state index in [1.807, 2.05) is 31.6 Å². The summed E-state index contributed by atoms with van der Waals surface area (Å²) < 4.78 is 29.1. The molecule has 2 heterocycles. The summed E-state index contributed by atoms with van der Waals surface area (Å²) in [4.78, 5) is 12.8. The number of carbonyl (C=O) groups is 1. The van der Waals surface area contributed by atoms with E-state index in [1.165, 1.54) is 4.31 Å². The summed E-state index contributed by atoms with van der Waals surface area (Å²) in [5.41, 5.74) is 2.28. The maximum atomic E-state index is 12.9. The van der Waals surface area contributed by atoms with E-state index in [0.717, 1.165) is 24.0 Å². The van der Waals surface area contributed by atoms with Crippen LogP contribution in [0.3, 0.4) is 0 Å². The maximum absolute atomic E-state index is 12.9. The van der Waals surface area contributed by atoms with Gasteiger partial charge in [0.1, 0.15) is 0 Å². The van der Waals surface area contributed by atoms with Crippen molar-refractivity contribution >= 4 is 15.9 Å². The number of carbonyl (C=O) groups excluding carboxylic acids is 1. The molecule has 0 saturated carbocycles. The van der Waals surface area contributed by atoms with Crippen molar-refractivity contribution in [2.75, 3.05) is 19.6 Å². The van der Waals surface area contributed by atoms with Gasteiger partial charge in [-0.1, -0.05) is 26.0 Å². The Bertz CT molecular complexity index is 943. The fourth-order valence-electron chi connectivity index (χ4n) is 3.78. The predicted molar refractivity (Wildman–Crippen MR) is 117 cm³/mol. The lowest BCUT2D eigenvalue weighted by molar-refractivity contribution is -0.126. The van der Waals surface area contributed by atoms with Crippen LogP contribution < -0.4 is 5.32 Å². The molecule has 1 aromatic heterocycles. The first kappa shape index (κ1) is 22.5. The van der Waals surface area contributed by atoms with Crippen molar-refractivity contribution in [3.8, 4) is 0 Å². The molecule has 1 aliphatic heterocycles. The Morgan fingerprint density at radius 1 is 1.20 bits per heavy atom. The number of aromatic nitrogens is 2. The van der Waals surface area contributed by atoms with Crippen LogP contribution in [0.5, 0.6) is 0 Å². The Kier molecular flexibility index (Phi) is 7.31. The van der Waals surface area contributed by atoms with Crippen LogP contribution in [0.1, 0.15) is 50.2 Å². The summed E-state index contributed by atoms with van der Waals surface area (Å²) in [5, 5.41) is 7.14. The van der Waals surface area contributed by atoms with Crippen LogP contribution >= 0.6 is 0 Å². The second kappa shape index (κ2) is 9.75. The van der Waals surface area contributed by atoms with Gasteiger partial charge in [-0.3, -0.25) is 9.48 Å². The molecule has 1 amide bonds. The van der Waals surface area contributed by atoms with Gasteiger partial charge in [-0.15, -0.1) is 0 Å². The van der Waals surface area contributed by atoms with E-state index in [4.69, 9.17) is 0 Å². The van der Waals surface area contributed by atoms with Crippen LogP contribution in [0, 0.1) is 5.92 Å².